The molecular weight excluding hydrogens is 344 g/mol. The smallest absolute Gasteiger partial charge is 0.246 e. The Morgan fingerprint density at radius 1 is 1.32 bits per heavy atom. The lowest BCUT2D eigenvalue weighted by molar-refractivity contribution is -0.158. The Balaban J connectivity index is 1.49. The van der Waals surface area contributed by atoms with Crippen LogP contribution in [0.1, 0.15) is 18.4 Å². The highest BCUT2D eigenvalue weighted by atomic mass is 32.1. The molecule has 2 aliphatic rings. The van der Waals surface area contributed by atoms with E-state index in [9.17, 15) is 14.4 Å². The number of carbonyl (C=O) groups is 3. The molecule has 0 unspecified atom stereocenters. The fraction of sp³-hybridized carbons (Fsp3) is 0.667. The van der Waals surface area contributed by atoms with Crippen molar-refractivity contribution in [3.63, 3.8) is 0 Å². The van der Waals surface area contributed by atoms with Crippen molar-refractivity contribution in [2.24, 2.45) is 0 Å². The molecule has 3 rings (SSSR count). The van der Waals surface area contributed by atoms with Gasteiger partial charge >= 0.3 is 0 Å². The van der Waals surface area contributed by atoms with E-state index in [0.29, 0.717) is 37.7 Å². The third kappa shape index (κ3) is 3.96. The van der Waals surface area contributed by atoms with Crippen LogP contribution < -0.4 is 5.32 Å². The van der Waals surface area contributed by atoms with Crippen LogP contribution in [-0.4, -0.2) is 88.4 Å². The van der Waals surface area contributed by atoms with Crippen LogP contribution in [0, 0.1) is 0 Å². The molecule has 1 atom stereocenters. The molecule has 2 fully saturated rings. The molecular formula is C15H22N6O3S. The van der Waals surface area contributed by atoms with Crippen molar-refractivity contribution >= 4 is 34.2 Å². The van der Waals surface area contributed by atoms with Gasteiger partial charge in [0.15, 0.2) is 0 Å². The Bertz CT molecular complexity index is 678. The van der Waals surface area contributed by atoms with Gasteiger partial charge in [-0.1, -0.05) is 18.3 Å². The van der Waals surface area contributed by atoms with Crippen LogP contribution >= 0.6 is 11.3 Å². The first-order valence-electron chi connectivity index (χ1n) is 8.37. The first-order chi connectivity index (χ1) is 12.0. The Morgan fingerprint density at radius 2 is 2.12 bits per heavy atom. The number of fused-ring (bicyclic) bond motifs is 1. The summed E-state index contributed by atoms with van der Waals surface area (Å²) in [6, 6.07) is -0.432. The number of amides is 3. The van der Waals surface area contributed by atoms with Gasteiger partial charge in [-0.05, 0) is 6.42 Å². The van der Waals surface area contributed by atoms with Crippen LogP contribution in [0.15, 0.2) is 0 Å². The fourth-order valence-corrected chi connectivity index (χ4v) is 3.76. The summed E-state index contributed by atoms with van der Waals surface area (Å²) >= 11 is 1.38. The van der Waals surface area contributed by atoms with Crippen molar-refractivity contribution in [1.29, 1.82) is 0 Å². The van der Waals surface area contributed by atoms with E-state index in [1.54, 1.807) is 11.9 Å². The van der Waals surface area contributed by atoms with Crippen molar-refractivity contribution in [1.82, 2.24) is 24.9 Å². The van der Waals surface area contributed by atoms with Crippen LogP contribution in [0.2, 0.25) is 0 Å². The molecule has 0 aliphatic carbocycles. The molecule has 0 spiro atoms. The summed E-state index contributed by atoms with van der Waals surface area (Å²) in [5.41, 5.74) is 0. The number of nitrogens with one attached hydrogen (secondary N) is 1. The van der Waals surface area contributed by atoms with Crippen LogP contribution in [0.4, 0.5) is 5.13 Å². The van der Waals surface area contributed by atoms with E-state index in [1.807, 2.05) is 6.92 Å². The minimum Gasteiger partial charge on any atom is -0.335 e. The van der Waals surface area contributed by atoms with Crippen LogP contribution in [0.25, 0.3) is 0 Å². The average molecular weight is 366 g/mol. The summed E-state index contributed by atoms with van der Waals surface area (Å²) in [6.45, 7) is 4.36. The summed E-state index contributed by atoms with van der Waals surface area (Å²) in [4.78, 5) is 41.6. The molecule has 1 N–H and O–H groups in total. The van der Waals surface area contributed by atoms with Crippen molar-refractivity contribution in [3.05, 3.63) is 5.01 Å². The van der Waals surface area contributed by atoms with E-state index in [4.69, 9.17) is 0 Å². The lowest BCUT2D eigenvalue weighted by Gasteiger charge is -2.45. The number of hydrogen-bond donors (Lipinski definition) is 1. The maximum Gasteiger partial charge on any atom is 0.246 e. The lowest BCUT2D eigenvalue weighted by atomic mass is 10.1. The standard InChI is InChI=1S/C15H22N6O3S/c1-3-12-17-18-15(25-12)16-11(22)4-5-20-6-7-21-10(8-20)14(24)19(2)9-13(21)23/h10H,3-9H2,1-2H3,(H,16,18,22)/t10-/m1/s1. The maximum absolute atomic E-state index is 12.3. The molecule has 2 saturated heterocycles. The van der Waals surface area contributed by atoms with Gasteiger partial charge in [-0.15, -0.1) is 10.2 Å². The number of nitrogens with zero attached hydrogens (tertiary/aromatic N) is 5. The first-order valence-corrected chi connectivity index (χ1v) is 9.18. The predicted octanol–water partition coefficient (Wildman–Crippen LogP) is -0.586. The lowest BCUT2D eigenvalue weighted by Crippen LogP contribution is -2.66. The van der Waals surface area contributed by atoms with Crippen LogP contribution in [0.5, 0.6) is 0 Å². The van der Waals surface area contributed by atoms with Gasteiger partial charge in [-0.25, -0.2) is 0 Å². The van der Waals surface area contributed by atoms with Gasteiger partial charge in [0.2, 0.25) is 22.9 Å². The van der Waals surface area contributed by atoms with Gasteiger partial charge in [0.25, 0.3) is 0 Å². The predicted molar refractivity (Wildman–Crippen MR) is 92.1 cm³/mol. The van der Waals surface area contributed by atoms with Crippen molar-refractivity contribution in [2.45, 2.75) is 25.8 Å². The molecule has 2 aliphatic heterocycles. The molecule has 0 saturated carbocycles. The summed E-state index contributed by atoms with van der Waals surface area (Å²) in [6.07, 6.45) is 1.10. The summed E-state index contributed by atoms with van der Waals surface area (Å²) in [5.74, 6) is -0.161. The highest BCUT2D eigenvalue weighted by molar-refractivity contribution is 7.15. The van der Waals surface area contributed by atoms with E-state index >= 15 is 0 Å². The molecule has 3 amide bonds. The average Bonchev–Trinajstić information content (AvgIpc) is 3.05. The fourth-order valence-electron chi connectivity index (χ4n) is 3.07. The van der Waals surface area contributed by atoms with E-state index in [0.717, 1.165) is 11.4 Å². The zero-order valence-corrected chi connectivity index (χ0v) is 15.2. The van der Waals surface area contributed by atoms with Crippen molar-refractivity contribution in [2.75, 3.05) is 45.1 Å². The number of aromatic nitrogens is 2. The topological polar surface area (TPSA) is 98.7 Å². The van der Waals surface area contributed by atoms with Gasteiger partial charge in [0, 0.05) is 39.6 Å². The minimum absolute atomic E-state index is 0.00695. The van der Waals surface area contributed by atoms with Crippen LogP contribution in [0.3, 0.4) is 0 Å². The summed E-state index contributed by atoms with van der Waals surface area (Å²) in [5, 5.41) is 12.1. The Hall–Kier alpha value is -2.07. The quantitative estimate of drug-likeness (QED) is 0.748. The molecule has 1 aromatic rings. The molecule has 1 aromatic heterocycles. The molecule has 0 radical (unpaired) electrons. The number of rotatable bonds is 5. The van der Waals surface area contributed by atoms with E-state index < -0.39 is 6.04 Å². The second-order valence-electron chi connectivity index (χ2n) is 6.25. The normalized spacial score (nSPS) is 21.4. The number of carbonyl (C=O) groups excluding carboxylic acids is 3. The molecule has 0 aromatic carbocycles. The molecule has 25 heavy (non-hydrogen) atoms. The Morgan fingerprint density at radius 3 is 2.84 bits per heavy atom. The molecule has 0 bridgehead atoms. The number of hydrogen-bond acceptors (Lipinski definition) is 7. The number of anilines is 1. The van der Waals surface area contributed by atoms with Gasteiger partial charge in [-0.3, -0.25) is 19.3 Å². The monoisotopic (exact) mass is 366 g/mol. The second-order valence-corrected chi connectivity index (χ2v) is 7.31. The van der Waals surface area contributed by atoms with E-state index in [2.05, 4.69) is 20.4 Å². The van der Waals surface area contributed by atoms with Crippen molar-refractivity contribution in [3.8, 4) is 0 Å². The summed E-state index contributed by atoms with van der Waals surface area (Å²) < 4.78 is 0. The second kappa shape index (κ2) is 7.44. The van der Waals surface area contributed by atoms with E-state index in [1.165, 1.54) is 16.2 Å². The Labute approximate surface area is 150 Å². The van der Waals surface area contributed by atoms with E-state index in [-0.39, 0.29) is 24.3 Å². The zero-order chi connectivity index (χ0) is 18.0. The maximum atomic E-state index is 12.3. The number of aryl methyl sites for hydroxylation is 1. The third-order valence-corrected chi connectivity index (χ3v) is 5.47. The largest absolute Gasteiger partial charge is 0.335 e. The molecule has 10 heteroatoms. The highest BCUT2D eigenvalue weighted by Gasteiger charge is 2.41. The van der Waals surface area contributed by atoms with Gasteiger partial charge < -0.3 is 15.1 Å². The zero-order valence-electron chi connectivity index (χ0n) is 14.4. The molecule has 136 valence electrons. The minimum atomic E-state index is -0.432. The molecule has 3 heterocycles. The third-order valence-electron chi connectivity index (χ3n) is 4.49. The van der Waals surface area contributed by atoms with Crippen molar-refractivity contribution < 1.29 is 14.4 Å². The first kappa shape index (κ1) is 17.7. The van der Waals surface area contributed by atoms with Gasteiger partial charge in [0.1, 0.15) is 11.0 Å². The number of piperazine rings is 2. The van der Waals surface area contributed by atoms with Gasteiger partial charge in [0.05, 0.1) is 6.54 Å². The Kier molecular flexibility index (Phi) is 5.28. The highest BCUT2D eigenvalue weighted by Crippen LogP contribution is 2.18. The van der Waals surface area contributed by atoms with Crippen LogP contribution in [-0.2, 0) is 20.8 Å². The molecule has 9 nitrogen and oxygen atoms in total. The summed E-state index contributed by atoms with van der Waals surface area (Å²) in [7, 11) is 1.65. The number of likely N-dealkylation sites (N-methyl/N-ethyl adjacent to an activating group) is 1. The van der Waals surface area contributed by atoms with Gasteiger partial charge in [-0.2, -0.15) is 0 Å². The SMILES string of the molecule is CCc1nnc(NC(=O)CCN2CCN3C(=O)CN(C)C(=O)[C@H]3C2)s1.